The van der Waals surface area contributed by atoms with Gasteiger partial charge in [0.1, 0.15) is 0 Å². The fourth-order valence-corrected chi connectivity index (χ4v) is 2.25. The predicted octanol–water partition coefficient (Wildman–Crippen LogP) is 5.95. The van der Waals surface area contributed by atoms with Crippen LogP contribution in [0.5, 0.6) is 0 Å². The van der Waals surface area contributed by atoms with E-state index in [2.05, 4.69) is 30.7 Å². The van der Waals surface area contributed by atoms with E-state index in [0.29, 0.717) is 6.10 Å². The summed E-state index contributed by atoms with van der Waals surface area (Å²) in [4.78, 5) is 4.86. The lowest BCUT2D eigenvalue weighted by atomic mass is 10.3. The molecule has 0 aromatic heterocycles. The molecule has 1 atom stereocenters. The van der Waals surface area contributed by atoms with Gasteiger partial charge in [-0.25, -0.2) is 0 Å². The first-order valence-electron chi connectivity index (χ1n) is 11.8. The fraction of sp³-hybridized carbons (Fsp3) is 1.00. The number of ether oxygens (including phenoxy) is 2. The van der Waals surface area contributed by atoms with Gasteiger partial charge in [0.05, 0.1) is 12.7 Å². The summed E-state index contributed by atoms with van der Waals surface area (Å²) >= 11 is 0. The maximum absolute atomic E-state index is 5.46. The van der Waals surface area contributed by atoms with E-state index in [9.17, 15) is 0 Å². The van der Waals surface area contributed by atoms with E-state index in [4.69, 9.17) is 9.47 Å². The summed E-state index contributed by atoms with van der Waals surface area (Å²) in [5.74, 6) is 0. The minimum atomic E-state index is 0.546. The Balaban J connectivity index is -0.000000158. The second-order valence-electron chi connectivity index (χ2n) is 5.58. The van der Waals surface area contributed by atoms with Gasteiger partial charge in [-0.05, 0) is 33.2 Å². The van der Waals surface area contributed by atoms with Gasteiger partial charge in [-0.3, -0.25) is 4.90 Å². The van der Waals surface area contributed by atoms with Crippen LogP contribution in [0.1, 0.15) is 88.5 Å². The molecule has 0 aromatic rings. The molecule has 2 saturated heterocycles. The van der Waals surface area contributed by atoms with Gasteiger partial charge in [0.25, 0.3) is 0 Å². The number of rotatable bonds is 5. The number of hydrogen-bond donors (Lipinski definition) is 0. The zero-order valence-electron chi connectivity index (χ0n) is 21.1. The van der Waals surface area contributed by atoms with Crippen LogP contribution in [-0.4, -0.2) is 75.5 Å². The van der Waals surface area contributed by atoms with E-state index in [0.717, 1.165) is 32.8 Å². The summed E-state index contributed by atoms with van der Waals surface area (Å²) in [7, 11) is 2.19. The zero-order valence-corrected chi connectivity index (χ0v) is 21.1. The van der Waals surface area contributed by atoms with Crippen LogP contribution in [0.15, 0.2) is 0 Å². The lowest BCUT2D eigenvalue weighted by Gasteiger charge is -2.32. The van der Waals surface area contributed by atoms with Crippen molar-refractivity contribution in [1.82, 2.24) is 9.80 Å². The van der Waals surface area contributed by atoms with Crippen LogP contribution in [0.2, 0.25) is 0 Å². The van der Waals surface area contributed by atoms with Gasteiger partial charge in [0.15, 0.2) is 0 Å². The second kappa shape index (κ2) is 33.4. The highest BCUT2D eigenvalue weighted by Gasteiger charge is 2.12. The first kappa shape index (κ1) is 34.4. The molecule has 0 aromatic carbocycles. The van der Waals surface area contributed by atoms with Crippen LogP contribution in [-0.2, 0) is 9.47 Å². The van der Waals surface area contributed by atoms with Gasteiger partial charge < -0.3 is 14.4 Å². The van der Waals surface area contributed by atoms with Crippen LogP contribution >= 0.6 is 0 Å². The first-order chi connectivity index (χ1) is 13.2. The number of nitrogens with zero attached hydrogens (tertiary/aromatic N) is 2. The van der Waals surface area contributed by atoms with Crippen LogP contribution in [0, 0.1) is 0 Å². The molecule has 0 spiro atoms. The van der Waals surface area contributed by atoms with Crippen molar-refractivity contribution < 1.29 is 9.47 Å². The summed E-state index contributed by atoms with van der Waals surface area (Å²) in [6.07, 6.45) is 4.20. The van der Waals surface area contributed by atoms with Gasteiger partial charge in [-0.15, -0.1) is 0 Å². The van der Waals surface area contributed by atoms with E-state index >= 15 is 0 Å². The molecule has 1 unspecified atom stereocenters. The van der Waals surface area contributed by atoms with Gasteiger partial charge in [0.2, 0.25) is 0 Å². The predicted molar refractivity (Wildman–Crippen MR) is 125 cm³/mol. The van der Waals surface area contributed by atoms with E-state index < -0.39 is 0 Å². The molecular weight excluding hydrogens is 336 g/mol. The van der Waals surface area contributed by atoms with Crippen LogP contribution in [0.4, 0.5) is 0 Å². The SMILES string of the molecule is CC.CC.CC.CC.CC1CCCO1.CCCOCCN1CCN(C)CC1. The van der Waals surface area contributed by atoms with Crippen molar-refractivity contribution in [3.63, 3.8) is 0 Å². The maximum Gasteiger partial charge on any atom is 0.0593 e. The Morgan fingerprint density at radius 2 is 1.37 bits per heavy atom. The fourth-order valence-electron chi connectivity index (χ4n) is 2.25. The topological polar surface area (TPSA) is 24.9 Å². The van der Waals surface area contributed by atoms with E-state index in [1.807, 2.05) is 55.4 Å². The summed E-state index contributed by atoms with van der Waals surface area (Å²) in [5.41, 5.74) is 0. The molecule has 2 aliphatic rings. The van der Waals surface area contributed by atoms with Gasteiger partial charge in [-0.2, -0.15) is 0 Å². The molecule has 27 heavy (non-hydrogen) atoms. The Morgan fingerprint density at radius 1 is 0.852 bits per heavy atom. The molecule has 2 heterocycles. The van der Waals surface area contributed by atoms with Crippen molar-refractivity contribution in [3.8, 4) is 0 Å². The number of piperazine rings is 1. The lowest BCUT2D eigenvalue weighted by molar-refractivity contribution is 0.0822. The average Bonchev–Trinajstić information content (AvgIpc) is 3.24. The third kappa shape index (κ3) is 28.2. The molecule has 0 radical (unpaired) electrons. The Bertz CT molecular complexity index is 203. The average molecular weight is 393 g/mol. The quantitative estimate of drug-likeness (QED) is 0.540. The summed E-state index contributed by atoms with van der Waals surface area (Å²) in [6, 6.07) is 0. The third-order valence-electron chi connectivity index (χ3n) is 3.65. The largest absolute Gasteiger partial charge is 0.380 e. The van der Waals surface area contributed by atoms with Crippen LogP contribution in [0.3, 0.4) is 0 Å². The third-order valence-corrected chi connectivity index (χ3v) is 3.65. The van der Waals surface area contributed by atoms with Crippen LogP contribution in [0.25, 0.3) is 0 Å². The number of hydrogen-bond acceptors (Lipinski definition) is 4. The molecule has 2 rings (SSSR count). The Hall–Kier alpha value is -0.160. The van der Waals surface area contributed by atoms with Gasteiger partial charge >= 0.3 is 0 Å². The number of likely N-dealkylation sites (N-methyl/N-ethyl adjacent to an activating group) is 1. The van der Waals surface area contributed by atoms with Gasteiger partial charge in [-0.1, -0.05) is 62.3 Å². The van der Waals surface area contributed by atoms with Crippen molar-refractivity contribution in [2.45, 2.75) is 94.6 Å². The van der Waals surface area contributed by atoms with Crippen molar-refractivity contribution >= 4 is 0 Å². The summed E-state index contributed by atoms with van der Waals surface area (Å²) < 4.78 is 10.6. The molecule has 0 saturated carbocycles. The van der Waals surface area contributed by atoms with Crippen LogP contribution < -0.4 is 0 Å². The molecule has 4 heteroatoms. The molecule has 2 fully saturated rings. The molecule has 0 N–H and O–H groups in total. The standard InChI is InChI=1S/C10H22N2O.C5H10O.4C2H6/c1-3-9-13-10-8-12-6-4-11(2)5-7-12;1-5-3-2-4-6-5;4*1-2/h3-10H2,1-2H3;5H,2-4H2,1H3;4*1-2H3. The lowest BCUT2D eigenvalue weighted by Crippen LogP contribution is -2.45. The highest BCUT2D eigenvalue weighted by molar-refractivity contribution is 4.68. The molecule has 0 amide bonds. The Kier molecular flexibility index (Phi) is 42.5. The van der Waals surface area contributed by atoms with Crippen molar-refractivity contribution in [2.75, 3.05) is 59.6 Å². The van der Waals surface area contributed by atoms with Crippen molar-refractivity contribution in [1.29, 1.82) is 0 Å². The molecule has 0 aliphatic carbocycles. The molecule has 0 bridgehead atoms. The Labute approximate surface area is 174 Å². The second-order valence-corrected chi connectivity index (χ2v) is 5.58. The molecule has 2 aliphatic heterocycles. The minimum absolute atomic E-state index is 0.546. The monoisotopic (exact) mass is 392 g/mol. The molecular formula is C23H56N2O2. The van der Waals surface area contributed by atoms with Gasteiger partial charge in [0, 0.05) is 45.9 Å². The van der Waals surface area contributed by atoms with E-state index in [-0.39, 0.29) is 0 Å². The first-order valence-corrected chi connectivity index (χ1v) is 11.8. The normalized spacial score (nSPS) is 18.6. The highest BCUT2D eigenvalue weighted by Crippen LogP contribution is 2.09. The van der Waals surface area contributed by atoms with E-state index in [1.165, 1.54) is 39.0 Å². The summed E-state index contributed by atoms with van der Waals surface area (Å²) in [6.45, 7) is 29.0. The highest BCUT2D eigenvalue weighted by atomic mass is 16.5. The van der Waals surface area contributed by atoms with E-state index in [1.54, 1.807) is 0 Å². The maximum atomic E-state index is 5.46. The molecule has 4 nitrogen and oxygen atoms in total. The van der Waals surface area contributed by atoms with Crippen molar-refractivity contribution in [3.05, 3.63) is 0 Å². The Morgan fingerprint density at radius 3 is 1.70 bits per heavy atom. The molecule has 170 valence electrons. The zero-order chi connectivity index (χ0) is 21.9. The summed E-state index contributed by atoms with van der Waals surface area (Å²) in [5, 5.41) is 0. The smallest absolute Gasteiger partial charge is 0.0593 e. The minimum Gasteiger partial charge on any atom is -0.380 e. The van der Waals surface area contributed by atoms with Crippen molar-refractivity contribution in [2.24, 2.45) is 0 Å².